The molecule has 0 bridgehead atoms. The van der Waals surface area contributed by atoms with Gasteiger partial charge in [0.05, 0.1) is 0 Å². The van der Waals surface area contributed by atoms with Crippen molar-refractivity contribution in [2.24, 2.45) is 0 Å². The highest BCUT2D eigenvalue weighted by Gasteiger charge is 2.08. The molecule has 2 aromatic rings. The lowest BCUT2D eigenvalue weighted by Crippen LogP contribution is -2.24. The molecule has 21 heavy (non-hydrogen) atoms. The Morgan fingerprint density at radius 1 is 1.19 bits per heavy atom. The topological polar surface area (TPSA) is 41.1 Å². The first-order valence-electron chi connectivity index (χ1n) is 7.33. The van der Waals surface area contributed by atoms with Gasteiger partial charge in [0.25, 0.3) is 0 Å². The van der Waals surface area contributed by atoms with Crippen LogP contribution in [0.15, 0.2) is 41.8 Å². The average Bonchev–Trinajstić information content (AvgIpc) is 2.98. The zero-order valence-electron chi connectivity index (χ0n) is 12.6. The van der Waals surface area contributed by atoms with Crippen LogP contribution in [-0.4, -0.2) is 18.5 Å². The number of amides is 1. The number of carbonyl (C=O) groups excluding carboxylic acids is 1. The summed E-state index contributed by atoms with van der Waals surface area (Å²) in [5.74, 6) is 0.0737. The third-order valence-corrected chi connectivity index (χ3v) is 4.02. The van der Waals surface area contributed by atoms with E-state index in [-0.39, 0.29) is 5.91 Å². The van der Waals surface area contributed by atoms with Crippen molar-refractivity contribution < 1.29 is 4.79 Å². The zero-order chi connectivity index (χ0) is 15.1. The first kappa shape index (κ1) is 15.7. The van der Waals surface area contributed by atoms with Gasteiger partial charge in [0.1, 0.15) is 0 Å². The van der Waals surface area contributed by atoms with E-state index in [9.17, 15) is 4.79 Å². The molecule has 0 aliphatic carbocycles. The third-order valence-electron chi connectivity index (χ3n) is 3.12. The molecule has 0 unspecified atom stereocenters. The highest BCUT2D eigenvalue weighted by molar-refractivity contribution is 7.13. The fourth-order valence-corrected chi connectivity index (χ4v) is 2.86. The summed E-state index contributed by atoms with van der Waals surface area (Å²) in [5.41, 5.74) is 1.97. The van der Waals surface area contributed by atoms with E-state index in [4.69, 9.17) is 0 Å². The zero-order valence-corrected chi connectivity index (χ0v) is 13.4. The van der Waals surface area contributed by atoms with Gasteiger partial charge in [-0.25, -0.2) is 0 Å². The fourth-order valence-electron chi connectivity index (χ4n) is 2.09. The van der Waals surface area contributed by atoms with E-state index < -0.39 is 0 Å². The molecule has 112 valence electrons. The van der Waals surface area contributed by atoms with Gasteiger partial charge in [0.2, 0.25) is 5.91 Å². The predicted molar refractivity (Wildman–Crippen MR) is 90.8 cm³/mol. The van der Waals surface area contributed by atoms with E-state index >= 15 is 0 Å². The molecule has 0 fully saturated rings. The molecular weight excluding hydrogens is 280 g/mol. The summed E-state index contributed by atoms with van der Waals surface area (Å²) in [4.78, 5) is 13.2. The molecule has 0 spiro atoms. The number of anilines is 1. The van der Waals surface area contributed by atoms with Crippen LogP contribution in [0.5, 0.6) is 0 Å². The Morgan fingerprint density at radius 3 is 2.71 bits per heavy atom. The second kappa shape index (κ2) is 7.96. The van der Waals surface area contributed by atoms with Gasteiger partial charge in [-0.05, 0) is 30.5 Å². The van der Waals surface area contributed by atoms with Crippen LogP contribution in [0.1, 0.15) is 26.7 Å². The monoisotopic (exact) mass is 302 g/mol. The van der Waals surface area contributed by atoms with Crippen LogP contribution < -0.4 is 10.6 Å². The van der Waals surface area contributed by atoms with Gasteiger partial charge in [-0.2, -0.15) is 0 Å². The number of hydrogen-bond donors (Lipinski definition) is 2. The van der Waals surface area contributed by atoms with E-state index in [0.29, 0.717) is 12.5 Å². The van der Waals surface area contributed by atoms with Crippen molar-refractivity contribution in [3.05, 3.63) is 41.8 Å². The van der Waals surface area contributed by atoms with Crippen molar-refractivity contribution in [2.45, 2.75) is 32.7 Å². The Hall–Kier alpha value is -1.65. The Labute approximate surface area is 130 Å². The maximum atomic E-state index is 12.0. The van der Waals surface area contributed by atoms with Crippen molar-refractivity contribution in [3.8, 4) is 10.4 Å². The summed E-state index contributed by atoms with van der Waals surface area (Å²) < 4.78 is 0. The van der Waals surface area contributed by atoms with E-state index in [2.05, 4.69) is 30.5 Å². The number of carbonyl (C=O) groups is 1. The molecule has 0 aliphatic heterocycles. The standard InChI is InChI=1S/C17H22N2OS/c1-13(2)18-11-5-10-17(20)19-15-8-4-3-7-14(15)16-9-6-12-21-16/h3-4,6-9,12-13,18H,5,10-11H2,1-2H3,(H,19,20). The lowest BCUT2D eigenvalue weighted by Gasteiger charge is -2.11. The second-order valence-electron chi connectivity index (χ2n) is 5.28. The summed E-state index contributed by atoms with van der Waals surface area (Å²) in [7, 11) is 0. The first-order valence-corrected chi connectivity index (χ1v) is 8.21. The third kappa shape index (κ3) is 4.99. The number of rotatable bonds is 7. The minimum Gasteiger partial charge on any atom is -0.325 e. The van der Waals surface area contributed by atoms with Crippen LogP contribution in [0.25, 0.3) is 10.4 Å². The molecule has 1 aromatic heterocycles. The van der Waals surface area contributed by atoms with E-state index in [1.807, 2.05) is 35.7 Å². The predicted octanol–water partition coefficient (Wildman–Crippen LogP) is 4.13. The summed E-state index contributed by atoms with van der Waals surface area (Å²) in [6.07, 6.45) is 1.39. The highest BCUT2D eigenvalue weighted by Crippen LogP contribution is 2.31. The lowest BCUT2D eigenvalue weighted by atomic mass is 10.1. The van der Waals surface area contributed by atoms with Crippen molar-refractivity contribution in [1.82, 2.24) is 5.32 Å². The van der Waals surface area contributed by atoms with Gasteiger partial charge in [-0.15, -0.1) is 11.3 Å². The molecule has 2 rings (SSSR count). The minimum absolute atomic E-state index is 0.0737. The SMILES string of the molecule is CC(C)NCCCC(=O)Nc1ccccc1-c1cccs1. The molecule has 0 saturated carbocycles. The van der Waals surface area contributed by atoms with Crippen molar-refractivity contribution in [1.29, 1.82) is 0 Å². The minimum atomic E-state index is 0.0737. The molecule has 0 saturated heterocycles. The Kier molecular flexibility index (Phi) is 5.96. The van der Waals surface area contributed by atoms with E-state index in [1.165, 1.54) is 4.88 Å². The second-order valence-corrected chi connectivity index (χ2v) is 6.23. The van der Waals surface area contributed by atoms with Gasteiger partial charge in [0.15, 0.2) is 0 Å². The molecule has 1 aromatic carbocycles. The summed E-state index contributed by atoms with van der Waals surface area (Å²) >= 11 is 1.68. The molecular formula is C17H22N2OS. The van der Waals surface area contributed by atoms with E-state index in [1.54, 1.807) is 11.3 Å². The van der Waals surface area contributed by atoms with Crippen LogP contribution >= 0.6 is 11.3 Å². The molecule has 0 aliphatic rings. The first-order chi connectivity index (χ1) is 10.2. The van der Waals surface area contributed by atoms with Crippen LogP contribution in [0.4, 0.5) is 5.69 Å². The van der Waals surface area contributed by atoms with Gasteiger partial charge in [0, 0.05) is 28.6 Å². The smallest absolute Gasteiger partial charge is 0.224 e. The number of hydrogen-bond acceptors (Lipinski definition) is 3. The quantitative estimate of drug-likeness (QED) is 0.755. The Balaban J connectivity index is 1.92. The molecule has 1 amide bonds. The van der Waals surface area contributed by atoms with Crippen LogP contribution in [0.3, 0.4) is 0 Å². The molecule has 2 N–H and O–H groups in total. The van der Waals surface area contributed by atoms with Crippen molar-refractivity contribution in [3.63, 3.8) is 0 Å². The summed E-state index contributed by atoms with van der Waals surface area (Å²) in [5, 5.41) is 8.39. The molecule has 0 radical (unpaired) electrons. The van der Waals surface area contributed by atoms with Crippen LogP contribution in [-0.2, 0) is 4.79 Å². The van der Waals surface area contributed by atoms with Crippen molar-refractivity contribution in [2.75, 3.05) is 11.9 Å². The summed E-state index contributed by atoms with van der Waals surface area (Å²) in [6.45, 7) is 5.09. The Morgan fingerprint density at radius 2 is 2.00 bits per heavy atom. The lowest BCUT2D eigenvalue weighted by molar-refractivity contribution is -0.116. The number of para-hydroxylation sites is 1. The van der Waals surface area contributed by atoms with Gasteiger partial charge >= 0.3 is 0 Å². The maximum absolute atomic E-state index is 12.0. The average molecular weight is 302 g/mol. The van der Waals surface area contributed by atoms with Crippen LogP contribution in [0.2, 0.25) is 0 Å². The van der Waals surface area contributed by atoms with Gasteiger partial charge in [-0.1, -0.05) is 38.1 Å². The van der Waals surface area contributed by atoms with Crippen LogP contribution in [0, 0.1) is 0 Å². The molecule has 1 heterocycles. The summed E-state index contributed by atoms with van der Waals surface area (Å²) in [6, 6.07) is 12.5. The van der Waals surface area contributed by atoms with Gasteiger partial charge in [-0.3, -0.25) is 4.79 Å². The molecule has 4 heteroatoms. The normalized spacial score (nSPS) is 10.8. The number of nitrogens with one attached hydrogen (secondary N) is 2. The Bertz CT molecular complexity index is 564. The number of benzene rings is 1. The fraction of sp³-hybridized carbons (Fsp3) is 0.353. The molecule has 3 nitrogen and oxygen atoms in total. The van der Waals surface area contributed by atoms with Gasteiger partial charge < -0.3 is 10.6 Å². The molecule has 0 atom stereocenters. The van der Waals surface area contributed by atoms with Crippen molar-refractivity contribution >= 4 is 22.9 Å². The van der Waals surface area contributed by atoms with E-state index in [0.717, 1.165) is 24.2 Å². The maximum Gasteiger partial charge on any atom is 0.224 e. The highest BCUT2D eigenvalue weighted by atomic mass is 32.1. The number of thiophene rings is 1. The largest absolute Gasteiger partial charge is 0.325 e.